The monoisotopic (exact) mass is 542 g/mol. The summed E-state index contributed by atoms with van der Waals surface area (Å²) in [5.74, 6) is -5.81. The Morgan fingerprint density at radius 2 is 0.950 bits per heavy atom. The van der Waals surface area contributed by atoms with Gasteiger partial charge >= 0.3 is 23.9 Å². The highest BCUT2D eigenvalue weighted by Gasteiger charge is 2.55. The molecule has 4 N–H and O–H groups in total. The van der Waals surface area contributed by atoms with E-state index in [0.29, 0.717) is 0 Å². The predicted molar refractivity (Wildman–Crippen MR) is 139 cm³/mol. The van der Waals surface area contributed by atoms with E-state index in [1.165, 1.54) is 48.6 Å². The van der Waals surface area contributed by atoms with Crippen molar-refractivity contribution < 1.29 is 49.1 Å². The molecule has 0 heterocycles. The van der Waals surface area contributed by atoms with Gasteiger partial charge in [-0.3, -0.25) is 19.2 Å². The maximum absolute atomic E-state index is 12.6. The van der Waals surface area contributed by atoms with Gasteiger partial charge in [0.1, 0.15) is 34.9 Å². The van der Waals surface area contributed by atoms with Crippen LogP contribution in [0, 0.1) is 34.5 Å². The van der Waals surface area contributed by atoms with Gasteiger partial charge in [-0.1, -0.05) is 72.5 Å². The maximum atomic E-state index is 12.6. The number of aliphatic carboxylic acids is 4. The largest absolute Gasteiger partial charge is 0.481 e. The average molecular weight is 542 g/mol. The molecule has 0 amide bonds. The number of rotatable bonds is 8. The van der Waals surface area contributed by atoms with Crippen molar-refractivity contribution in [1.82, 2.24) is 0 Å². The zero-order valence-electron chi connectivity index (χ0n) is 20.6. The lowest BCUT2D eigenvalue weighted by Crippen LogP contribution is -2.46. The lowest BCUT2D eigenvalue weighted by Gasteiger charge is -2.33. The van der Waals surface area contributed by atoms with E-state index in [4.69, 9.17) is 9.47 Å². The number of carbonyl (C=O) groups is 4. The fourth-order valence-corrected chi connectivity index (χ4v) is 4.42. The van der Waals surface area contributed by atoms with E-state index in [2.05, 4.69) is 11.8 Å². The number of carboxylic acids is 4. The van der Waals surface area contributed by atoms with Crippen molar-refractivity contribution >= 4 is 23.9 Å². The van der Waals surface area contributed by atoms with Crippen LogP contribution in [0.3, 0.4) is 0 Å². The summed E-state index contributed by atoms with van der Waals surface area (Å²) in [4.78, 5) is 50.1. The van der Waals surface area contributed by atoms with Crippen molar-refractivity contribution in [2.45, 2.75) is 0 Å². The Balaban J connectivity index is 1.82. The second kappa shape index (κ2) is 11.0. The Morgan fingerprint density at radius 1 is 0.600 bits per heavy atom. The van der Waals surface area contributed by atoms with Crippen molar-refractivity contribution in [3.8, 4) is 23.3 Å². The normalized spacial score (nSPS) is 24.9. The van der Waals surface area contributed by atoms with E-state index in [0.717, 1.165) is 12.2 Å². The molecule has 10 heteroatoms. The molecule has 0 radical (unpaired) electrons. The number of hydrogen-bond donors (Lipinski definition) is 4. The van der Waals surface area contributed by atoms with E-state index < -0.39 is 46.5 Å². The lowest BCUT2D eigenvalue weighted by molar-refractivity contribution is -0.155. The van der Waals surface area contributed by atoms with Gasteiger partial charge in [0.25, 0.3) is 0 Å². The van der Waals surface area contributed by atoms with E-state index >= 15 is 0 Å². The minimum atomic E-state index is -2.51. The first kappa shape index (κ1) is 27.5. The first-order chi connectivity index (χ1) is 19.1. The maximum Gasteiger partial charge on any atom is 0.327 e. The summed E-state index contributed by atoms with van der Waals surface area (Å²) in [6.07, 6.45) is 7.04. The molecule has 0 aliphatic heterocycles. The third kappa shape index (κ3) is 5.08. The minimum absolute atomic E-state index is 0.235. The summed E-state index contributed by atoms with van der Waals surface area (Å²) in [5.41, 5.74) is -5.02. The van der Waals surface area contributed by atoms with Crippen molar-refractivity contribution in [2.75, 3.05) is 0 Å². The van der Waals surface area contributed by atoms with E-state index in [1.807, 2.05) is 0 Å². The van der Waals surface area contributed by atoms with Crippen LogP contribution in [-0.2, 0) is 19.2 Å². The van der Waals surface area contributed by atoms with Crippen molar-refractivity contribution in [2.24, 2.45) is 22.7 Å². The molecular formula is C30H22O10. The summed E-state index contributed by atoms with van der Waals surface area (Å²) in [6.45, 7) is 0. The van der Waals surface area contributed by atoms with Crippen LogP contribution < -0.4 is 9.47 Å². The van der Waals surface area contributed by atoms with Gasteiger partial charge in [-0.25, -0.2) is 0 Å². The third-order valence-corrected chi connectivity index (χ3v) is 6.35. The van der Waals surface area contributed by atoms with Gasteiger partial charge in [0.2, 0.25) is 0 Å². The van der Waals surface area contributed by atoms with E-state index in [1.54, 1.807) is 36.4 Å². The van der Waals surface area contributed by atoms with Crippen molar-refractivity contribution in [3.05, 3.63) is 109 Å². The molecule has 4 rings (SSSR count). The Morgan fingerprint density at radius 3 is 1.25 bits per heavy atom. The molecule has 0 spiro atoms. The molecule has 0 saturated carbocycles. The fraction of sp³-hybridized carbons (Fsp3) is 0.133. The molecule has 4 atom stereocenters. The predicted octanol–water partition coefficient (Wildman–Crippen LogP) is 3.60. The first-order valence-corrected chi connectivity index (χ1v) is 11.8. The fourth-order valence-electron chi connectivity index (χ4n) is 4.42. The molecule has 2 aliphatic rings. The molecule has 0 saturated heterocycles. The van der Waals surface area contributed by atoms with Gasteiger partial charge in [0.15, 0.2) is 10.8 Å². The average Bonchev–Trinajstić information content (AvgIpc) is 2.92. The van der Waals surface area contributed by atoms with Crippen LogP contribution >= 0.6 is 0 Å². The van der Waals surface area contributed by atoms with Gasteiger partial charge in [0.05, 0.1) is 0 Å². The number of benzene rings is 2. The van der Waals surface area contributed by atoms with Crippen LogP contribution in [0.4, 0.5) is 0 Å². The highest BCUT2D eigenvalue weighted by molar-refractivity contribution is 5.94. The summed E-state index contributed by atoms with van der Waals surface area (Å²) < 4.78 is 11.4. The molecule has 2 aliphatic carbocycles. The van der Waals surface area contributed by atoms with E-state index in [-0.39, 0.29) is 23.0 Å². The molecule has 2 aromatic carbocycles. The molecule has 0 bridgehead atoms. The van der Waals surface area contributed by atoms with Gasteiger partial charge in [-0.2, -0.15) is 0 Å². The topological polar surface area (TPSA) is 168 Å². The van der Waals surface area contributed by atoms with Crippen molar-refractivity contribution in [3.63, 3.8) is 0 Å². The number of hydrogen-bond acceptors (Lipinski definition) is 6. The summed E-state index contributed by atoms with van der Waals surface area (Å²) in [6, 6.07) is 16.1. The molecule has 0 fully saturated rings. The number of allylic oxidation sites excluding steroid dienone is 4. The van der Waals surface area contributed by atoms with E-state index in [9.17, 15) is 39.6 Å². The van der Waals surface area contributed by atoms with Crippen LogP contribution in [0.1, 0.15) is 0 Å². The first-order valence-electron chi connectivity index (χ1n) is 11.8. The Kier molecular flexibility index (Phi) is 7.59. The third-order valence-electron chi connectivity index (χ3n) is 6.35. The SMILES string of the molecule is O=C(O)C1C(Oc2ccccc2)=CC=CC1(C#CC1(C(=O)O)C=CC=C(Oc2ccccc2)C1C(=O)O)C(=O)O. The Bertz CT molecular complexity index is 1410. The highest BCUT2D eigenvalue weighted by Crippen LogP contribution is 2.43. The minimum Gasteiger partial charge on any atom is -0.481 e. The van der Waals surface area contributed by atoms with Crippen LogP contribution in [0.25, 0.3) is 0 Å². The van der Waals surface area contributed by atoms with Crippen LogP contribution in [0.15, 0.2) is 109 Å². The molecular weight excluding hydrogens is 520 g/mol. The zero-order valence-corrected chi connectivity index (χ0v) is 20.6. The van der Waals surface area contributed by atoms with Gasteiger partial charge in [-0.15, -0.1) is 0 Å². The van der Waals surface area contributed by atoms with Gasteiger partial charge in [-0.05, 0) is 36.4 Å². The second-order valence-corrected chi connectivity index (χ2v) is 8.83. The zero-order chi connectivity index (χ0) is 28.9. The quantitative estimate of drug-likeness (QED) is 0.362. The summed E-state index contributed by atoms with van der Waals surface area (Å²) >= 11 is 0. The highest BCUT2D eigenvalue weighted by atomic mass is 16.5. The number of ether oxygens (including phenoxy) is 2. The van der Waals surface area contributed by atoms with Gasteiger partial charge < -0.3 is 29.9 Å². The Hall–Kier alpha value is -5.56. The summed E-state index contributed by atoms with van der Waals surface area (Å²) in [7, 11) is 0. The van der Waals surface area contributed by atoms with Crippen LogP contribution in [0.2, 0.25) is 0 Å². The second-order valence-electron chi connectivity index (χ2n) is 8.83. The smallest absolute Gasteiger partial charge is 0.327 e. The molecule has 2 aromatic rings. The number of carboxylic acid groups (broad SMARTS) is 4. The molecule has 0 aromatic heterocycles. The lowest BCUT2D eigenvalue weighted by atomic mass is 9.68. The standard InChI is InChI=1S/C30H22O10/c31-25(32)23-21(39-19-9-3-1-4-10-19)13-7-15-29(23,27(35)36)17-18-30(28(37)38)16-8-14-22(24(30)26(33)34)40-20-11-5-2-6-12-20/h1-16,23-24H,(H,31,32)(H,33,34)(H,35,36)(H,37,38). The molecule has 40 heavy (non-hydrogen) atoms. The van der Waals surface area contributed by atoms with Crippen LogP contribution in [-0.4, -0.2) is 44.3 Å². The molecule has 10 nitrogen and oxygen atoms in total. The Labute approximate surface area is 227 Å². The van der Waals surface area contributed by atoms with Crippen molar-refractivity contribution in [1.29, 1.82) is 0 Å². The number of para-hydroxylation sites is 2. The van der Waals surface area contributed by atoms with Gasteiger partial charge in [0, 0.05) is 0 Å². The van der Waals surface area contributed by atoms with Crippen LogP contribution in [0.5, 0.6) is 11.5 Å². The summed E-state index contributed by atoms with van der Waals surface area (Å²) in [5, 5.41) is 40.7. The molecule has 4 unspecified atom stereocenters. The molecule has 202 valence electrons.